The molecule has 0 spiro atoms. The minimum atomic E-state index is -2.66. The number of pyridine rings is 1. The maximum Gasteiger partial charge on any atom is 1.00 e. The van der Waals surface area contributed by atoms with Crippen molar-refractivity contribution in [3.63, 3.8) is 0 Å². The molecule has 1 rings (SSSR count). The molecule has 8 heteroatoms. The second-order valence-electron chi connectivity index (χ2n) is 1.82. The van der Waals surface area contributed by atoms with Crippen molar-refractivity contribution >= 4 is 16.8 Å². The Kier molecular flexibility index (Phi) is 5.26. The number of rotatable bonds is 2. The fraction of sp³-hybridized carbons (Fsp3) is 0. The number of hydrogen-bond acceptors (Lipinski definition) is 5. The quantitative estimate of drug-likeness (QED) is 0.228. The van der Waals surface area contributed by atoms with Crippen LogP contribution in [-0.4, -0.2) is 18.7 Å². The normalized spacial score (nSPS) is 11.5. The Morgan fingerprint density at radius 2 is 2.15 bits per heavy atom. The number of nitro groups is 1. The van der Waals surface area contributed by atoms with Gasteiger partial charge in [0.05, 0.1) is 4.92 Å². The Labute approximate surface area is 98.1 Å². The minimum Gasteiger partial charge on any atom is -0.767 e. The second kappa shape index (κ2) is 5.40. The zero-order valence-corrected chi connectivity index (χ0v) is 9.48. The van der Waals surface area contributed by atoms with E-state index in [0.717, 1.165) is 6.07 Å². The molecule has 1 aromatic heterocycles. The van der Waals surface area contributed by atoms with Gasteiger partial charge < -0.3 is 4.55 Å². The number of aromatic nitrogens is 1. The molecule has 0 saturated heterocycles. The molecule has 0 saturated carbocycles. The van der Waals surface area contributed by atoms with E-state index >= 15 is 0 Å². The molecule has 1 heterocycles. The van der Waals surface area contributed by atoms with Crippen molar-refractivity contribution in [2.75, 3.05) is 0 Å². The van der Waals surface area contributed by atoms with E-state index in [9.17, 15) is 18.9 Å². The molecule has 0 aliphatic heterocycles. The van der Waals surface area contributed by atoms with E-state index in [-0.39, 0.29) is 29.6 Å². The summed E-state index contributed by atoms with van der Waals surface area (Å²) in [7, 11) is 0. The van der Waals surface area contributed by atoms with Crippen molar-refractivity contribution in [3.8, 4) is 0 Å². The van der Waals surface area contributed by atoms with E-state index in [2.05, 4.69) is 4.98 Å². The molecule has 1 aromatic rings. The Morgan fingerprint density at radius 1 is 1.54 bits per heavy atom. The van der Waals surface area contributed by atoms with Crippen LogP contribution in [0.25, 0.3) is 0 Å². The van der Waals surface area contributed by atoms with Gasteiger partial charge in [0.2, 0.25) is 0 Å². The molecule has 0 amide bonds. The molecule has 0 bridgehead atoms. The van der Waals surface area contributed by atoms with Crippen molar-refractivity contribution in [2.24, 2.45) is 0 Å². The molecule has 1 atom stereocenters. The third-order valence-electron chi connectivity index (χ3n) is 1.11. The van der Waals surface area contributed by atoms with Crippen LogP contribution in [0.5, 0.6) is 0 Å². The molecule has 0 aliphatic carbocycles. The first-order chi connectivity index (χ1) is 5.63. The first-order valence-corrected chi connectivity index (χ1v) is 3.89. The van der Waals surface area contributed by atoms with E-state index in [1.54, 1.807) is 0 Å². The maximum absolute atomic E-state index is 10.4. The molecule has 64 valence electrons. The first kappa shape index (κ1) is 12.7. The van der Waals surface area contributed by atoms with E-state index in [1.165, 1.54) is 12.3 Å². The van der Waals surface area contributed by atoms with E-state index in [4.69, 9.17) is 0 Å². The second-order valence-corrected chi connectivity index (χ2v) is 2.68. The average molecular weight is 210 g/mol. The number of nitrogens with zero attached hydrogens (tertiary/aromatic N) is 2. The zero-order chi connectivity index (χ0) is 9.14. The Morgan fingerprint density at radius 3 is 2.54 bits per heavy atom. The van der Waals surface area contributed by atoms with Gasteiger partial charge in [-0.2, -0.15) is 0 Å². The molecule has 0 N–H and O–H groups in total. The molecule has 1 unspecified atom stereocenters. The van der Waals surface area contributed by atoms with Gasteiger partial charge >= 0.3 is 35.2 Å². The predicted octanol–water partition coefficient (Wildman–Crippen LogP) is -2.77. The topological polar surface area (TPSA) is 96.2 Å². The first-order valence-electron chi connectivity index (χ1n) is 2.81. The minimum absolute atomic E-state index is 0. The van der Waals surface area contributed by atoms with E-state index in [1.807, 2.05) is 0 Å². The molecule has 0 aromatic carbocycles. The SMILES string of the molecule is O=[N+]([O-])c1cccnc1S(=O)[O-].[Na+]. The fourth-order valence-electron chi connectivity index (χ4n) is 0.650. The third kappa shape index (κ3) is 3.12. The van der Waals surface area contributed by atoms with Crippen LogP contribution < -0.4 is 29.6 Å². The maximum atomic E-state index is 10.4. The van der Waals surface area contributed by atoms with Crippen LogP contribution in [0.1, 0.15) is 0 Å². The predicted molar refractivity (Wildman–Crippen MR) is 38.1 cm³/mol. The fourth-order valence-corrected chi connectivity index (χ4v) is 1.11. The van der Waals surface area contributed by atoms with Crippen LogP contribution in [0, 0.1) is 10.1 Å². The summed E-state index contributed by atoms with van der Waals surface area (Å²) in [5, 5.41) is 9.68. The van der Waals surface area contributed by atoms with Gasteiger partial charge in [-0.15, -0.1) is 0 Å². The molecule has 13 heavy (non-hydrogen) atoms. The molecule has 0 radical (unpaired) electrons. The largest absolute Gasteiger partial charge is 1.00 e. The molecular weight excluding hydrogens is 207 g/mol. The summed E-state index contributed by atoms with van der Waals surface area (Å²) < 4.78 is 20.7. The summed E-state index contributed by atoms with van der Waals surface area (Å²) in [4.78, 5) is 12.8. The van der Waals surface area contributed by atoms with Gasteiger partial charge in [-0.25, -0.2) is 4.98 Å². The van der Waals surface area contributed by atoms with Crippen LogP contribution >= 0.6 is 0 Å². The van der Waals surface area contributed by atoms with Gasteiger partial charge in [0.25, 0.3) is 0 Å². The summed E-state index contributed by atoms with van der Waals surface area (Å²) in [5.41, 5.74) is -0.508. The van der Waals surface area contributed by atoms with Gasteiger partial charge in [-0.3, -0.25) is 14.3 Å². The van der Waals surface area contributed by atoms with Gasteiger partial charge in [0.15, 0.2) is 5.03 Å². The Balaban J connectivity index is 0.00000144. The molecule has 0 aliphatic rings. The zero-order valence-electron chi connectivity index (χ0n) is 6.67. The van der Waals surface area contributed by atoms with Crippen LogP contribution in [0.4, 0.5) is 5.69 Å². The summed E-state index contributed by atoms with van der Waals surface area (Å²) >= 11 is -2.66. The monoisotopic (exact) mass is 210 g/mol. The van der Waals surface area contributed by atoms with E-state index < -0.39 is 26.7 Å². The third-order valence-corrected chi connectivity index (χ3v) is 1.74. The van der Waals surface area contributed by atoms with Crippen molar-refractivity contribution < 1.29 is 43.2 Å². The summed E-state index contributed by atoms with van der Waals surface area (Å²) in [6.07, 6.45) is 1.18. The van der Waals surface area contributed by atoms with Gasteiger partial charge in [-0.1, -0.05) is 0 Å². The standard InChI is InChI=1S/C5H4N2O4S.Na/c8-7(9)4-2-1-3-6-5(4)12(10)11;/h1-3H,(H,10,11);/q;+1/p-1. The van der Waals surface area contributed by atoms with Crippen molar-refractivity contribution in [1.29, 1.82) is 0 Å². The van der Waals surface area contributed by atoms with Crippen molar-refractivity contribution in [1.82, 2.24) is 4.98 Å². The van der Waals surface area contributed by atoms with Crippen LogP contribution in [0.2, 0.25) is 0 Å². The average Bonchev–Trinajstić information content (AvgIpc) is 2.04. The van der Waals surface area contributed by atoms with Gasteiger partial charge in [-0.05, 0) is 6.07 Å². The molecular formula is C5H3N2NaO4S. The Hall–Kier alpha value is -0.340. The van der Waals surface area contributed by atoms with Crippen molar-refractivity contribution in [3.05, 3.63) is 28.4 Å². The molecule has 0 fully saturated rings. The summed E-state index contributed by atoms with van der Waals surface area (Å²) in [6, 6.07) is 2.38. The van der Waals surface area contributed by atoms with Crippen LogP contribution in [0.3, 0.4) is 0 Å². The van der Waals surface area contributed by atoms with Gasteiger partial charge in [0.1, 0.15) is 0 Å². The molecule has 6 nitrogen and oxygen atoms in total. The summed E-state index contributed by atoms with van der Waals surface area (Å²) in [6.45, 7) is 0. The Bertz CT molecular complexity index is 312. The van der Waals surface area contributed by atoms with E-state index in [0.29, 0.717) is 0 Å². The smallest absolute Gasteiger partial charge is 0.767 e. The van der Waals surface area contributed by atoms with Crippen LogP contribution in [0.15, 0.2) is 23.4 Å². The number of hydrogen-bond donors (Lipinski definition) is 0. The van der Waals surface area contributed by atoms with Crippen LogP contribution in [-0.2, 0) is 11.1 Å². The summed E-state index contributed by atoms with van der Waals surface area (Å²) in [5.74, 6) is 0. The van der Waals surface area contributed by atoms with Crippen molar-refractivity contribution in [2.45, 2.75) is 5.03 Å². The van der Waals surface area contributed by atoms with Gasteiger partial charge in [0, 0.05) is 23.3 Å².